The molecule has 0 radical (unpaired) electrons. The molecule has 1 aromatic rings. The SMILES string of the molecule is CC(C)N1CCN(CC2CCN(CC3CCC3)CC2)CC1.CC(C)c1cc[nH]c(=O)c1. The van der Waals surface area contributed by atoms with E-state index in [4.69, 9.17) is 0 Å². The molecule has 1 aliphatic carbocycles. The lowest BCUT2D eigenvalue weighted by molar-refractivity contribution is 0.0745. The molecule has 3 heterocycles. The zero-order valence-electron chi connectivity index (χ0n) is 20.5. The van der Waals surface area contributed by atoms with E-state index in [1.54, 1.807) is 12.3 Å². The topological polar surface area (TPSA) is 42.6 Å². The lowest BCUT2D eigenvalue weighted by Crippen LogP contribution is -2.50. The fourth-order valence-corrected chi connectivity index (χ4v) is 5.04. The van der Waals surface area contributed by atoms with E-state index in [1.165, 1.54) is 84.5 Å². The van der Waals surface area contributed by atoms with Gasteiger partial charge in [-0.15, -0.1) is 0 Å². The van der Waals surface area contributed by atoms with Crippen molar-refractivity contribution in [3.63, 3.8) is 0 Å². The minimum Gasteiger partial charge on any atom is -0.329 e. The third-order valence-electron chi connectivity index (χ3n) is 7.57. The van der Waals surface area contributed by atoms with Crippen LogP contribution in [-0.2, 0) is 0 Å². The van der Waals surface area contributed by atoms with Crippen molar-refractivity contribution in [2.24, 2.45) is 11.8 Å². The summed E-state index contributed by atoms with van der Waals surface area (Å²) in [7, 11) is 0. The van der Waals surface area contributed by atoms with Crippen molar-refractivity contribution in [2.45, 2.75) is 71.8 Å². The Labute approximate surface area is 190 Å². The van der Waals surface area contributed by atoms with E-state index in [0.717, 1.165) is 23.4 Å². The molecule has 5 nitrogen and oxygen atoms in total. The van der Waals surface area contributed by atoms with Gasteiger partial charge in [-0.1, -0.05) is 20.3 Å². The van der Waals surface area contributed by atoms with Gasteiger partial charge in [0.15, 0.2) is 0 Å². The van der Waals surface area contributed by atoms with Gasteiger partial charge < -0.3 is 14.8 Å². The van der Waals surface area contributed by atoms with Gasteiger partial charge in [0.1, 0.15) is 0 Å². The van der Waals surface area contributed by atoms with Crippen LogP contribution in [0.4, 0.5) is 0 Å². The summed E-state index contributed by atoms with van der Waals surface area (Å²) in [6.45, 7) is 19.4. The maximum atomic E-state index is 10.7. The van der Waals surface area contributed by atoms with Gasteiger partial charge in [-0.25, -0.2) is 0 Å². The number of hydrogen-bond acceptors (Lipinski definition) is 4. The maximum absolute atomic E-state index is 10.7. The smallest absolute Gasteiger partial charge is 0.248 e. The highest BCUT2D eigenvalue weighted by Crippen LogP contribution is 2.29. The van der Waals surface area contributed by atoms with Gasteiger partial charge in [0.25, 0.3) is 0 Å². The van der Waals surface area contributed by atoms with Crippen LogP contribution < -0.4 is 5.56 Å². The van der Waals surface area contributed by atoms with Crippen LogP contribution in [0.3, 0.4) is 0 Å². The van der Waals surface area contributed by atoms with Crippen LogP contribution in [-0.4, -0.2) is 78.1 Å². The Balaban J connectivity index is 0.000000229. The molecule has 0 bridgehead atoms. The molecule has 1 N–H and O–H groups in total. The van der Waals surface area contributed by atoms with Crippen LogP contribution >= 0.6 is 0 Å². The standard InChI is InChI=1S/C18H35N3.C8H11NO/c1-16(2)21-12-10-20(11-13-21)15-18-6-8-19(9-7-18)14-17-4-3-5-17;1-6(2)7-3-4-9-8(10)5-7/h16-18H,3-15H2,1-2H3;3-6H,1-2H3,(H,9,10). The molecule has 0 amide bonds. The molecular weight excluding hydrogens is 384 g/mol. The van der Waals surface area contributed by atoms with Gasteiger partial charge in [-0.2, -0.15) is 0 Å². The van der Waals surface area contributed by atoms with Gasteiger partial charge in [0.2, 0.25) is 5.56 Å². The van der Waals surface area contributed by atoms with Crippen molar-refractivity contribution in [3.8, 4) is 0 Å². The van der Waals surface area contributed by atoms with Crippen LogP contribution in [0.15, 0.2) is 23.1 Å². The predicted octanol–water partition coefficient (Wildman–Crippen LogP) is 4.02. The van der Waals surface area contributed by atoms with E-state index < -0.39 is 0 Å². The van der Waals surface area contributed by atoms with Gasteiger partial charge in [-0.3, -0.25) is 9.69 Å². The summed E-state index contributed by atoms with van der Waals surface area (Å²) < 4.78 is 0. The van der Waals surface area contributed by atoms with E-state index in [2.05, 4.69) is 47.4 Å². The Morgan fingerprint density at radius 3 is 1.90 bits per heavy atom. The second kappa shape index (κ2) is 12.2. The quantitative estimate of drug-likeness (QED) is 0.740. The van der Waals surface area contributed by atoms with E-state index in [0.29, 0.717) is 5.92 Å². The second-order valence-electron chi connectivity index (χ2n) is 10.6. The number of nitrogens with one attached hydrogen (secondary N) is 1. The predicted molar refractivity (Wildman–Crippen MR) is 131 cm³/mol. The van der Waals surface area contributed by atoms with Crippen molar-refractivity contribution in [1.82, 2.24) is 19.7 Å². The minimum atomic E-state index is -0.0220. The van der Waals surface area contributed by atoms with Crippen molar-refractivity contribution < 1.29 is 0 Å². The normalized spacial score (nSPS) is 22.4. The Morgan fingerprint density at radius 1 is 0.871 bits per heavy atom. The first-order valence-electron chi connectivity index (χ1n) is 12.8. The van der Waals surface area contributed by atoms with Gasteiger partial charge >= 0.3 is 0 Å². The van der Waals surface area contributed by atoms with E-state index >= 15 is 0 Å². The molecule has 0 spiro atoms. The van der Waals surface area contributed by atoms with E-state index in [-0.39, 0.29) is 5.56 Å². The number of piperazine rings is 1. The van der Waals surface area contributed by atoms with Crippen LogP contribution in [0, 0.1) is 11.8 Å². The number of likely N-dealkylation sites (tertiary alicyclic amines) is 1. The molecule has 176 valence electrons. The lowest BCUT2D eigenvalue weighted by atomic mass is 9.84. The molecule has 31 heavy (non-hydrogen) atoms. The van der Waals surface area contributed by atoms with E-state index in [9.17, 15) is 4.79 Å². The maximum Gasteiger partial charge on any atom is 0.248 e. The number of pyridine rings is 1. The largest absolute Gasteiger partial charge is 0.329 e. The first kappa shape index (κ1) is 24.5. The second-order valence-corrected chi connectivity index (χ2v) is 10.6. The van der Waals surface area contributed by atoms with Gasteiger partial charge in [0, 0.05) is 57.6 Å². The van der Waals surface area contributed by atoms with Crippen LogP contribution in [0.2, 0.25) is 0 Å². The Kier molecular flexibility index (Phi) is 9.61. The summed E-state index contributed by atoms with van der Waals surface area (Å²) in [4.78, 5) is 21.4. The monoisotopic (exact) mass is 430 g/mol. The first-order chi connectivity index (χ1) is 14.9. The lowest BCUT2D eigenvalue weighted by Gasteiger charge is -2.41. The highest BCUT2D eigenvalue weighted by atomic mass is 16.1. The average molecular weight is 431 g/mol. The molecule has 1 saturated carbocycles. The van der Waals surface area contributed by atoms with Crippen molar-refractivity contribution in [2.75, 3.05) is 52.4 Å². The first-order valence-corrected chi connectivity index (χ1v) is 12.8. The number of aromatic amines is 1. The van der Waals surface area contributed by atoms with Crippen molar-refractivity contribution in [1.29, 1.82) is 0 Å². The highest BCUT2D eigenvalue weighted by Gasteiger charge is 2.26. The molecule has 3 aliphatic rings. The number of hydrogen-bond donors (Lipinski definition) is 1. The summed E-state index contributed by atoms with van der Waals surface area (Å²) in [6, 6.07) is 4.28. The molecule has 0 aromatic carbocycles. The molecule has 5 heteroatoms. The number of H-pyrrole nitrogens is 1. The zero-order chi connectivity index (χ0) is 22.2. The Bertz CT molecular complexity index is 681. The molecule has 2 saturated heterocycles. The van der Waals surface area contributed by atoms with Crippen molar-refractivity contribution >= 4 is 0 Å². The fourth-order valence-electron chi connectivity index (χ4n) is 5.04. The summed E-state index contributed by atoms with van der Waals surface area (Å²) in [5.41, 5.74) is 1.06. The molecule has 0 unspecified atom stereocenters. The average Bonchev–Trinajstić information content (AvgIpc) is 2.73. The third-order valence-corrected chi connectivity index (χ3v) is 7.57. The van der Waals surface area contributed by atoms with Gasteiger partial charge in [0.05, 0.1) is 0 Å². The number of rotatable bonds is 6. The minimum absolute atomic E-state index is 0.0220. The summed E-state index contributed by atoms with van der Waals surface area (Å²) >= 11 is 0. The number of piperidine rings is 1. The summed E-state index contributed by atoms with van der Waals surface area (Å²) in [6.07, 6.45) is 9.05. The molecule has 2 aliphatic heterocycles. The van der Waals surface area contributed by atoms with Gasteiger partial charge in [-0.05, 0) is 82.0 Å². The summed E-state index contributed by atoms with van der Waals surface area (Å²) in [5, 5.41) is 0. The Morgan fingerprint density at radius 2 is 1.45 bits per heavy atom. The summed E-state index contributed by atoms with van der Waals surface area (Å²) in [5.74, 6) is 2.45. The van der Waals surface area contributed by atoms with E-state index in [1.807, 2.05) is 6.07 Å². The molecule has 0 atom stereocenters. The third kappa shape index (κ3) is 8.03. The molecule has 1 aromatic heterocycles. The van der Waals surface area contributed by atoms with Crippen molar-refractivity contribution in [3.05, 3.63) is 34.2 Å². The Hall–Kier alpha value is -1.17. The van der Waals surface area contributed by atoms with Crippen LogP contribution in [0.5, 0.6) is 0 Å². The van der Waals surface area contributed by atoms with Crippen LogP contribution in [0.1, 0.15) is 71.3 Å². The fraction of sp³-hybridized carbons (Fsp3) is 0.808. The number of aromatic nitrogens is 1. The molecule has 3 fully saturated rings. The molecule has 4 rings (SSSR count). The van der Waals surface area contributed by atoms with Crippen LogP contribution in [0.25, 0.3) is 0 Å². The molecular formula is C26H46N4O. The zero-order valence-corrected chi connectivity index (χ0v) is 20.5. The number of nitrogens with zero attached hydrogens (tertiary/aromatic N) is 3. The highest BCUT2D eigenvalue weighted by molar-refractivity contribution is 5.13.